The lowest BCUT2D eigenvalue weighted by Crippen LogP contribution is -2.53. The summed E-state index contributed by atoms with van der Waals surface area (Å²) in [6.07, 6.45) is 8.57. The Balaban J connectivity index is 1.45. The number of hydrogen-bond donors (Lipinski definition) is 2. The first-order chi connectivity index (χ1) is 20.4. The number of nitrogens with zero attached hydrogens (tertiary/aromatic N) is 1. The van der Waals surface area contributed by atoms with Crippen LogP contribution in [-0.4, -0.2) is 56.3 Å². The first kappa shape index (κ1) is 30.2. The van der Waals surface area contributed by atoms with E-state index < -0.39 is 26.8 Å². The van der Waals surface area contributed by atoms with E-state index in [1.165, 1.54) is 17.2 Å². The van der Waals surface area contributed by atoms with Gasteiger partial charge in [-0.3, -0.25) is 9.59 Å². The van der Waals surface area contributed by atoms with E-state index in [-0.39, 0.29) is 28.7 Å². The summed E-state index contributed by atoms with van der Waals surface area (Å²) in [6.45, 7) is 4.93. The van der Waals surface area contributed by atoms with Crippen molar-refractivity contribution in [2.24, 2.45) is 17.8 Å². The van der Waals surface area contributed by atoms with Gasteiger partial charge in [0.15, 0.2) is 6.29 Å². The number of rotatable bonds is 1. The predicted octanol–water partition coefficient (Wildman–Crippen LogP) is 4.81. The Morgan fingerprint density at radius 1 is 1.16 bits per heavy atom. The highest BCUT2D eigenvalue weighted by Gasteiger charge is 2.48. The van der Waals surface area contributed by atoms with E-state index in [1.54, 1.807) is 38.1 Å². The summed E-state index contributed by atoms with van der Waals surface area (Å²) >= 11 is 6.38. The van der Waals surface area contributed by atoms with Gasteiger partial charge in [-0.1, -0.05) is 30.7 Å². The van der Waals surface area contributed by atoms with Crippen molar-refractivity contribution in [3.05, 3.63) is 70.3 Å². The number of aryl methyl sites for hydroxylation is 1. The molecule has 2 aliphatic heterocycles. The van der Waals surface area contributed by atoms with Gasteiger partial charge < -0.3 is 14.7 Å². The maximum Gasteiger partial charge on any atom is 0.264 e. The van der Waals surface area contributed by atoms with Crippen molar-refractivity contribution in [2.45, 2.75) is 68.6 Å². The van der Waals surface area contributed by atoms with Crippen LogP contribution in [0, 0.1) is 17.8 Å². The van der Waals surface area contributed by atoms with E-state index >= 15 is 0 Å². The fraction of sp³-hybridized carbons (Fsp3) is 0.515. The molecular formula is C33H39ClN2O6S. The van der Waals surface area contributed by atoms with Crippen LogP contribution < -0.4 is 14.4 Å². The highest BCUT2D eigenvalue weighted by atomic mass is 35.5. The smallest absolute Gasteiger partial charge is 0.264 e. The zero-order chi connectivity index (χ0) is 30.6. The monoisotopic (exact) mass is 626 g/mol. The van der Waals surface area contributed by atoms with Gasteiger partial charge in [0.2, 0.25) is 10.0 Å². The summed E-state index contributed by atoms with van der Waals surface area (Å²) in [6, 6.07) is 11.1. The molecule has 43 heavy (non-hydrogen) atoms. The number of carbonyl (C=O) groups is 2. The molecule has 2 aliphatic carbocycles. The Hall–Kier alpha value is -2.88. The lowest BCUT2D eigenvalue weighted by molar-refractivity contribution is -0.130. The quantitative estimate of drug-likeness (QED) is 0.345. The fourth-order valence-electron chi connectivity index (χ4n) is 7.44. The number of halogens is 1. The van der Waals surface area contributed by atoms with Crippen molar-refractivity contribution in [3.63, 3.8) is 0 Å². The Morgan fingerprint density at radius 2 is 1.98 bits per heavy atom. The van der Waals surface area contributed by atoms with E-state index in [0.29, 0.717) is 55.3 Å². The molecule has 1 saturated carbocycles. The van der Waals surface area contributed by atoms with Gasteiger partial charge in [0.05, 0.1) is 17.5 Å². The molecule has 4 aliphatic rings. The minimum absolute atomic E-state index is 0.0262. The van der Waals surface area contributed by atoms with E-state index in [4.69, 9.17) is 16.3 Å². The Kier molecular flexibility index (Phi) is 7.88. The molecule has 2 N–H and O–H groups in total. The molecule has 0 saturated heterocycles. The van der Waals surface area contributed by atoms with Gasteiger partial charge in [0.1, 0.15) is 11.4 Å². The normalized spacial score (nSPS) is 34.4. The third-order valence-corrected chi connectivity index (χ3v) is 12.5. The number of anilines is 1. The van der Waals surface area contributed by atoms with E-state index in [0.717, 1.165) is 25.7 Å². The second kappa shape index (κ2) is 11.2. The number of aliphatic hydroxyl groups is 1. The van der Waals surface area contributed by atoms with Gasteiger partial charge >= 0.3 is 0 Å². The SMILES string of the molecule is C[C@@H]1[C@@H](C)C/C=C/C(O)(C=O)[C@@H]2CC[C@H]2CN2C[C@@]3(CCCc4cc(Cl)ccc43)COc3ccc(cc32)C(=O)NS1(=O)=O. The standard InChI is InChI=1S/C33H39ClN2O6S/c1-21-5-3-14-33(39,19-37)28-10-7-25(28)17-36-18-32(13-4-6-23-15-26(34)9-11-27(23)32)20-42-30-12-8-24(16-29(30)36)31(38)35-43(40,41)22(21)2/h3,8-9,11-12,14-16,19,21-22,25,28,39H,4-7,10,13,17-18,20H2,1-2H3,(H,35,38)/b14-3+/t21-,22+,25-,28+,32-,33?/m0/s1. The average molecular weight is 627 g/mol. The topological polar surface area (TPSA) is 113 Å². The minimum atomic E-state index is -4.00. The van der Waals surface area contributed by atoms with Crippen LogP contribution >= 0.6 is 11.6 Å². The lowest BCUT2D eigenvalue weighted by Gasteiger charge is -2.47. The van der Waals surface area contributed by atoms with Gasteiger partial charge in [0.25, 0.3) is 5.91 Å². The molecule has 0 aromatic heterocycles. The molecule has 2 aromatic rings. The summed E-state index contributed by atoms with van der Waals surface area (Å²) in [5, 5.41) is 11.3. The molecule has 2 bridgehead atoms. The molecule has 1 unspecified atom stereocenters. The molecule has 1 spiro atoms. The van der Waals surface area contributed by atoms with Crippen LogP contribution in [0.3, 0.4) is 0 Å². The third-order valence-electron chi connectivity index (χ3n) is 10.4. The van der Waals surface area contributed by atoms with Crippen molar-refractivity contribution < 1.29 is 27.9 Å². The maximum absolute atomic E-state index is 13.3. The van der Waals surface area contributed by atoms with Gasteiger partial charge in [0, 0.05) is 35.0 Å². The molecule has 0 radical (unpaired) electrons. The van der Waals surface area contributed by atoms with Crippen LogP contribution in [0.4, 0.5) is 5.69 Å². The molecule has 6 rings (SSSR count). The van der Waals surface area contributed by atoms with Gasteiger partial charge in [-0.15, -0.1) is 0 Å². The molecule has 10 heteroatoms. The van der Waals surface area contributed by atoms with Crippen molar-refractivity contribution in [3.8, 4) is 5.75 Å². The molecule has 1 fully saturated rings. The molecule has 6 atom stereocenters. The van der Waals surface area contributed by atoms with E-state index in [9.17, 15) is 23.1 Å². The zero-order valence-electron chi connectivity index (χ0n) is 24.6. The van der Waals surface area contributed by atoms with Crippen molar-refractivity contribution >= 4 is 39.5 Å². The predicted molar refractivity (Wildman–Crippen MR) is 166 cm³/mol. The lowest BCUT2D eigenvalue weighted by atomic mass is 9.64. The van der Waals surface area contributed by atoms with Gasteiger partial charge in [-0.05, 0) is 105 Å². The largest absolute Gasteiger partial charge is 0.490 e. The number of carbonyl (C=O) groups excluding carboxylic acids is 2. The highest BCUT2D eigenvalue weighted by molar-refractivity contribution is 7.90. The van der Waals surface area contributed by atoms with Crippen LogP contribution in [0.15, 0.2) is 48.6 Å². The number of sulfonamides is 1. The summed E-state index contributed by atoms with van der Waals surface area (Å²) in [5.74, 6) is -0.681. The Bertz CT molecular complexity index is 1580. The molecule has 2 heterocycles. The first-order valence-electron chi connectivity index (χ1n) is 15.2. The van der Waals surface area contributed by atoms with Gasteiger partial charge in [-0.25, -0.2) is 13.1 Å². The van der Waals surface area contributed by atoms with Gasteiger partial charge in [-0.2, -0.15) is 0 Å². The number of aldehydes is 1. The molecule has 2 aromatic carbocycles. The fourth-order valence-corrected chi connectivity index (χ4v) is 8.91. The minimum Gasteiger partial charge on any atom is -0.490 e. The Labute approximate surface area is 258 Å². The van der Waals surface area contributed by atoms with Crippen LogP contribution in [0.5, 0.6) is 5.75 Å². The number of benzene rings is 2. The number of ether oxygens (including phenoxy) is 1. The summed E-state index contributed by atoms with van der Waals surface area (Å²) in [5.41, 5.74) is 1.35. The number of nitrogens with one attached hydrogen (secondary N) is 1. The Morgan fingerprint density at radius 3 is 2.72 bits per heavy atom. The van der Waals surface area contributed by atoms with Crippen LogP contribution in [0.2, 0.25) is 5.02 Å². The number of hydrogen-bond acceptors (Lipinski definition) is 7. The van der Waals surface area contributed by atoms with Crippen molar-refractivity contribution in [2.75, 3.05) is 24.6 Å². The molecular weight excluding hydrogens is 588 g/mol. The van der Waals surface area contributed by atoms with Crippen LogP contribution in [0.25, 0.3) is 0 Å². The number of fused-ring (bicyclic) bond motifs is 4. The number of amides is 1. The zero-order valence-corrected chi connectivity index (χ0v) is 26.2. The van der Waals surface area contributed by atoms with Crippen LogP contribution in [-0.2, 0) is 26.7 Å². The third kappa shape index (κ3) is 5.49. The first-order valence-corrected chi connectivity index (χ1v) is 17.1. The maximum atomic E-state index is 13.3. The molecule has 8 nitrogen and oxygen atoms in total. The molecule has 1 amide bonds. The second-order valence-electron chi connectivity index (χ2n) is 13.0. The van der Waals surface area contributed by atoms with Crippen molar-refractivity contribution in [1.29, 1.82) is 0 Å². The summed E-state index contributed by atoms with van der Waals surface area (Å²) in [4.78, 5) is 27.9. The second-order valence-corrected chi connectivity index (χ2v) is 15.5. The molecule has 230 valence electrons. The highest BCUT2D eigenvalue weighted by Crippen LogP contribution is 2.48. The summed E-state index contributed by atoms with van der Waals surface area (Å²) < 4.78 is 35.2. The number of allylic oxidation sites excluding steroid dienone is 1. The van der Waals surface area contributed by atoms with E-state index in [1.807, 2.05) is 12.1 Å². The van der Waals surface area contributed by atoms with Crippen LogP contribution in [0.1, 0.15) is 67.4 Å². The summed E-state index contributed by atoms with van der Waals surface area (Å²) in [7, 11) is -4.00. The van der Waals surface area contributed by atoms with Crippen molar-refractivity contribution in [1.82, 2.24) is 4.72 Å². The van der Waals surface area contributed by atoms with E-state index in [2.05, 4.69) is 15.7 Å². The average Bonchev–Trinajstić information content (AvgIpc) is 3.11.